The molecule has 1 amide bonds. The lowest BCUT2D eigenvalue weighted by atomic mass is 9.98. The van der Waals surface area contributed by atoms with Crippen LogP contribution in [0, 0.1) is 0 Å². The molecule has 3 atom stereocenters. The fraction of sp³-hybridized carbons (Fsp3) is 0.556. The Morgan fingerprint density at radius 3 is 2.55 bits per heavy atom. The molecule has 3 unspecified atom stereocenters. The summed E-state index contributed by atoms with van der Waals surface area (Å²) < 4.78 is 62.0. The molecule has 2 rings (SSSR count). The first-order chi connectivity index (χ1) is 13.4. The third kappa shape index (κ3) is 5.38. The Bertz CT molecular complexity index is 828. The van der Waals surface area contributed by atoms with Crippen LogP contribution >= 0.6 is 7.60 Å². The lowest BCUT2D eigenvalue weighted by Gasteiger charge is -2.36. The highest BCUT2D eigenvalue weighted by molar-refractivity contribution is 7.53. The molecule has 0 radical (unpaired) electrons. The van der Waals surface area contributed by atoms with Crippen molar-refractivity contribution in [1.29, 1.82) is 0 Å². The van der Waals surface area contributed by atoms with Crippen molar-refractivity contribution in [3.63, 3.8) is 0 Å². The smallest absolute Gasteiger partial charge is 0.416 e. The summed E-state index contributed by atoms with van der Waals surface area (Å²) in [6.07, 6.45) is -4.97. The number of benzene rings is 1. The Balaban J connectivity index is 2.48. The summed E-state index contributed by atoms with van der Waals surface area (Å²) in [7, 11) is -4.30. The van der Waals surface area contributed by atoms with Gasteiger partial charge in [0.2, 0.25) is 0 Å². The van der Waals surface area contributed by atoms with Crippen LogP contribution in [0.4, 0.5) is 18.9 Å². The molecule has 0 bridgehead atoms. The van der Waals surface area contributed by atoms with Crippen LogP contribution in [0.25, 0.3) is 0 Å². The second-order valence-corrected chi connectivity index (χ2v) is 8.79. The van der Waals surface area contributed by atoms with Crippen LogP contribution < -0.4 is 4.90 Å². The second kappa shape index (κ2) is 8.85. The number of carbonyl (C=O) groups is 2. The van der Waals surface area contributed by atoms with Gasteiger partial charge in [0, 0.05) is 12.2 Å². The molecule has 7 nitrogen and oxygen atoms in total. The number of anilines is 1. The minimum Gasteiger partial charge on any atom is -0.459 e. The van der Waals surface area contributed by atoms with Gasteiger partial charge in [0.05, 0.1) is 23.9 Å². The van der Waals surface area contributed by atoms with Crippen LogP contribution in [0.2, 0.25) is 0 Å². The number of hydrogen-bond donors (Lipinski definition) is 1. The first-order valence-electron chi connectivity index (χ1n) is 9.10. The van der Waals surface area contributed by atoms with E-state index in [4.69, 9.17) is 4.52 Å². The van der Waals surface area contributed by atoms with Crippen LogP contribution in [0.1, 0.15) is 38.3 Å². The Hall–Kier alpha value is -1.90. The summed E-state index contributed by atoms with van der Waals surface area (Å²) >= 11 is 0. The van der Waals surface area contributed by atoms with E-state index in [0.717, 1.165) is 23.1 Å². The van der Waals surface area contributed by atoms with Crippen LogP contribution in [-0.4, -0.2) is 41.7 Å². The summed E-state index contributed by atoms with van der Waals surface area (Å²) in [6, 6.07) is 2.68. The monoisotopic (exact) mass is 437 g/mol. The number of esters is 1. The first-order valence-corrected chi connectivity index (χ1v) is 10.7. The summed E-state index contributed by atoms with van der Waals surface area (Å²) in [5.41, 5.74) is -2.06. The average molecular weight is 437 g/mol. The number of hydrogen-bond acceptors (Lipinski definition) is 5. The average Bonchev–Trinajstić information content (AvgIpc) is 2.65. The van der Waals surface area contributed by atoms with E-state index in [2.05, 4.69) is 4.74 Å². The minimum atomic E-state index is -4.63. The van der Waals surface area contributed by atoms with E-state index in [1.165, 1.54) is 6.92 Å². The number of fused-ring (bicyclic) bond motifs is 1. The van der Waals surface area contributed by atoms with Gasteiger partial charge in [-0.2, -0.15) is 13.2 Å². The van der Waals surface area contributed by atoms with Crippen molar-refractivity contribution >= 4 is 25.2 Å². The standard InChI is InChI=1S/C18H23F3NO6P/c1-4-11(3)28-29(25,26)14-9-12-8-13(18(19,20)21)6-7-15(12)22(10-14)16(23)17(24)27-5-2/h6-8,11,14H,4-5,9-10H2,1-3H3,(H,25,26). The van der Waals surface area contributed by atoms with Gasteiger partial charge in [0.15, 0.2) is 0 Å². The summed E-state index contributed by atoms with van der Waals surface area (Å²) in [5, 5.41) is 0. The zero-order chi connectivity index (χ0) is 22.0. The molecule has 29 heavy (non-hydrogen) atoms. The molecule has 1 aromatic rings. The van der Waals surface area contributed by atoms with Crippen molar-refractivity contribution in [2.45, 2.75) is 51.6 Å². The van der Waals surface area contributed by atoms with Crippen LogP contribution in [0.15, 0.2) is 18.2 Å². The molecule has 1 N–H and O–H groups in total. The van der Waals surface area contributed by atoms with Crippen molar-refractivity contribution in [3.05, 3.63) is 29.3 Å². The molecule has 1 aliphatic heterocycles. The van der Waals surface area contributed by atoms with E-state index in [-0.39, 0.29) is 30.8 Å². The number of carbonyl (C=O) groups excluding carboxylic acids is 2. The Morgan fingerprint density at radius 2 is 2.00 bits per heavy atom. The van der Waals surface area contributed by atoms with Gasteiger partial charge in [-0.3, -0.25) is 9.36 Å². The SMILES string of the molecule is CCOC(=O)C(=O)N1CC(P(=O)(O)OC(C)CC)Cc2cc(C(F)(F)F)ccc21. The molecule has 1 aliphatic rings. The molecular weight excluding hydrogens is 414 g/mol. The van der Waals surface area contributed by atoms with Gasteiger partial charge in [-0.15, -0.1) is 0 Å². The molecule has 0 fully saturated rings. The minimum absolute atomic E-state index is 0.0238. The molecule has 1 aromatic carbocycles. The Morgan fingerprint density at radius 1 is 1.34 bits per heavy atom. The van der Waals surface area contributed by atoms with Crippen LogP contribution in [0.3, 0.4) is 0 Å². The molecule has 11 heteroatoms. The largest absolute Gasteiger partial charge is 0.459 e. The molecule has 0 aliphatic carbocycles. The number of ether oxygens (including phenoxy) is 1. The zero-order valence-electron chi connectivity index (χ0n) is 16.2. The van der Waals surface area contributed by atoms with E-state index in [0.29, 0.717) is 6.42 Å². The van der Waals surface area contributed by atoms with Gasteiger partial charge in [0.1, 0.15) is 0 Å². The molecular formula is C18H23F3NO6P. The van der Waals surface area contributed by atoms with Gasteiger partial charge in [-0.1, -0.05) is 6.92 Å². The molecule has 0 spiro atoms. The molecule has 0 saturated heterocycles. The van der Waals surface area contributed by atoms with Crippen molar-refractivity contribution in [2.75, 3.05) is 18.1 Å². The Kier molecular flexibility index (Phi) is 7.14. The van der Waals surface area contributed by atoms with Gasteiger partial charge in [-0.05, 0) is 50.5 Å². The number of halogens is 3. The maximum Gasteiger partial charge on any atom is 0.416 e. The van der Waals surface area contributed by atoms with Gasteiger partial charge >= 0.3 is 25.6 Å². The lowest BCUT2D eigenvalue weighted by molar-refractivity contribution is -0.153. The van der Waals surface area contributed by atoms with E-state index in [1.807, 2.05) is 0 Å². The van der Waals surface area contributed by atoms with Crippen LogP contribution in [0.5, 0.6) is 0 Å². The number of alkyl halides is 3. The highest BCUT2D eigenvalue weighted by Crippen LogP contribution is 2.53. The fourth-order valence-electron chi connectivity index (χ4n) is 2.95. The predicted molar refractivity (Wildman–Crippen MR) is 98.6 cm³/mol. The van der Waals surface area contributed by atoms with Crippen molar-refractivity contribution in [3.8, 4) is 0 Å². The lowest BCUT2D eigenvalue weighted by Crippen LogP contribution is -2.46. The summed E-state index contributed by atoms with van der Waals surface area (Å²) in [4.78, 5) is 35.7. The molecule has 0 saturated carbocycles. The maximum absolute atomic E-state index is 13.1. The van der Waals surface area contributed by atoms with E-state index >= 15 is 0 Å². The zero-order valence-corrected chi connectivity index (χ0v) is 17.1. The maximum atomic E-state index is 13.1. The Labute approximate surface area is 166 Å². The number of amides is 1. The highest BCUT2D eigenvalue weighted by atomic mass is 31.2. The van der Waals surface area contributed by atoms with Gasteiger partial charge in [0.25, 0.3) is 0 Å². The van der Waals surface area contributed by atoms with E-state index in [9.17, 15) is 32.2 Å². The number of nitrogens with zero attached hydrogens (tertiary/aromatic N) is 1. The third-order valence-corrected chi connectivity index (χ3v) is 6.54. The predicted octanol–water partition coefficient (Wildman–Crippen LogP) is 3.53. The number of rotatable bonds is 5. The molecule has 1 heterocycles. The van der Waals surface area contributed by atoms with E-state index in [1.54, 1.807) is 13.8 Å². The summed E-state index contributed by atoms with van der Waals surface area (Å²) in [5.74, 6) is -2.32. The van der Waals surface area contributed by atoms with Gasteiger partial charge < -0.3 is 19.1 Å². The first kappa shape index (κ1) is 23.4. The van der Waals surface area contributed by atoms with Crippen molar-refractivity contribution in [2.24, 2.45) is 0 Å². The molecule has 162 valence electrons. The quantitative estimate of drug-likeness (QED) is 0.431. The topological polar surface area (TPSA) is 93.1 Å². The summed E-state index contributed by atoms with van der Waals surface area (Å²) in [6.45, 7) is 4.39. The van der Waals surface area contributed by atoms with Crippen molar-refractivity contribution in [1.82, 2.24) is 0 Å². The van der Waals surface area contributed by atoms with Gasteiger partial charge in [-0.25, -0.2) is 4.79 Å². The van der Waals surface area contributed by atoms with E-state index < -0.39 is 43.0 Å². The highest BCUT2D eigenvalue weighted by Gasteiger charge is 2.43. The second-order valence-electron chi connectivity index (χ2n) is 6.72. The normalized spacial score (nSPS) is 19.8. The van der Waals surface area contributed by atoms with Crippen LogP contribution in [-0.2, 0) is 36.0 Å². The molecule has 0 aromatic heterocycles. The van der Waals surface area contributed by atoms with Crippen molar-refractivity contribution < 1.29 is 41.5 Å². The third-order valence-electron chi connectivity index (χ3n) is 4.61. The fourth-order valence-corrected chi connectivity index (χ4v) is 4.58.